The van der Waals surface area contributed by atoms with Crippen LogP contribution in [0, 0.1) is 5.82 Å². The van der Waals surface area contributed by atoms with E-state index >= 15 is 0 Å². The number of carbonyl (C=O) groups is 1. The van der Waals surface area contributed by atoms with Crippen molar-refractivity contribution in [1.82, 2.24) is 9.47 Å². The summed E-state index contributed by atoms with van der Waals surface area (Å²) in [7, 11) is 0. The summed E-state index contributed by atoms with van der Waals surface area (Å²) in [6, 6.07) is 14.5. The van der Waals surface area contributed by atoms with Crippen molar-refractivity contribution in [3.8, 4) is 0 Å². The van der Waals surface area contributed by atoms with Gasteiger partial charge in [-0.25, -0.2) is 4.39 Å². The molecule has 0 fully saturated rings. The van der Waals surface area contributed by atoms with Crippen LogP contribution < -0.4 is 0 Å². The largest absolute Gasteiger partial charge is 0.345 e. The standard InChI is InChI=1S/C22H25FN2OS/c1-2-3-4-12-25(22(26)21-11-7-14-27-21)17-20-10-6-13-24(20)16-18-8-5-9-19(23)15-18/h5-11,13-15H,2-4,12,16-17H2,1H3. The summed E-state index contributed by atoms with van der Waals surface area (Å²) in [5.74, 6) is -0.144. The number of nitrogens with zero attached hydrogens (tertiary/aromatic N) is 2. The van der Waals surface area contributed by atoms with Gasteiger partial charge in [-0.05, 0) is 47.7 Å². The second-order valence-electron chi connectivity index (χ2n) is 6.67. The Labute approximate surface area is 164 Å². The number of aromatic nitrogens is 1. The van der Waals surface area contributed by atoms with Crippen molar-refractivity contribution in [3.63, 3.8) is 0 Å². The Kier molecular flexibility index (Phi) is 6.82. The highest BCUT2D eigenvalue weighted by molar-refractivity contribution is 7.12. The van der Waals surface area contributed by atoms with Crippen LogP contribution in [0.2, 0.25) is 0 Å². The van der Waals surface area contributed by atoms with Crippen molar-refractivity contribution in [2.45, 2.75) is 39.3 Å². The molecule has 0 aliphatic heterocycles. The summed E-state index contributed by atoms with van der Waals surface area (Å²) in [4.78, 5) is 15.6. The maximum Gasteiger partial charge on any atom is 0.264 e. The van der Waals surface area contributed by atoms with Gasteiger partial charge < -0.3 is 9.47 Å². The number of amides is 1. The molecule has 0 unspecified atom stereocenters. The number of thiophene rings is 1. The molecule has 0 saturated heterocycles. The number of carbonyl (C=O) groups excluding carboxylic acids is 1. The van der Waals surface area contributed by atoms with Gasteiger partial charge in [0.15, 0.2) is 0 Å². The summed E-state index contributed by atoms with van der Waals surface area (Å²) in [6.07, 6.45) is 5.22. The van der Waals surface area contributed by atoms with E-state index in [-0.39, 0.29) is 11.7 Å². The van der Waals surface area contributed by atoms with Gasteiger partial charge in [-0.3, -0.25) is 4.79 Å². The fourth-order valence-corrected chi connectivity index (χ4v) is 3.83. The van der Waals surface area contributed by atoms with Crippen molar-refractivity contribution >= 4 is 17.2 Å². The maximum absolute atomic E-state index is 13.5. The van der Waals surface area contributed by atoms with Gasteiger partial charge in [-0.2, -0.15) is 0 Å². The summed E-state index contributed by atoms with van der Waals surface area (Å²) in [6.45, 7) is 4.06. The quantitative estimate of drug-likeness (QED) is 0.443. The fourth-order valence-electron chi connectivity index (χ4n) is 3.14. The first-order valence-electron chi connectivity index (χ1n) is 9.38. The van der Waals surface area contributed by atoms with E-state index < -0.39 is 0 Å². The molecular weight excluding hydrogens is 359 g/mol. The van der Waals surface area contributed by atoms with E-state index in [1.54, 1.807) is 12.1 Å². The number of rotatable bonds is 9. The van der Waals surface area contributed by atoms with Crippen molar-refractivity contribution in [2.75, 3.05) is 6.54 Å². The summed E-state index contributed by atoms with van der Waals surface area (Å²) in [5.41, 5.74) is 1.97. The van der Waals surface area contributed by atoms with Crippen molar-refractivity contribution < 1.29 is 9.18 Å². The van der Waals surface area contributed by atoms with Crippen LogP contribution in [0.15, 0.2) is 60.1 Å². The van der Waals surface area contributed by atoms with Crippen molar-refractivity contribution in [1.29, 1.82) is 0 Å². The van der Waals surface area contributed by atoms with Gasteiger partial charge in [-0.1, -0.05) is 38.0 Å². The van der Waals surface area contributed by atoms with Gasteiger partial charge in [0, 0.05) is 25.0 Å². The highest BCUT2D eigenvalue weighted by Crippen LogP contribution is 2.17. The lowest BCUT2D eigenvalue weighted by molar-refractivity contribution is 0.0741. The second kappa shape index (κ2) is 9.51. The molecule has 0 N–H and O–H groups in total. The summed E-state index contributed by atoms with van der Waals surface area (Å²) < 4.78 is 15.6. The van der Waals surface area contributed by atoms with Crippen molar-refractivity contribution in [2.24, 2.45) is 0 Å². The zero-order valence-corrected chi connectivity index (χ0v) is 16.4. The molecule has 0 aliphatic rings. The van der Waals surface area contributed by atoms with Gasteiger partial charge in [-0.15, -0.1) is 11.3 Å². The molecule has 5 heteroatoms. The predicted octanol–water partition coefficient (Wildman–Crippen LogP) is 5.57. The molecule has 3 rings (SSSR count). The Morgan fingerprint density at radius 1 is 1.15 bits per heavy atom. The lowest BCUT2D eigenvalue weighted by atomic mass is 10.2. The Hall–Kier alpha value is -2.40. The average Bonchev–Trinajstić information content (AvgIpc) is 3.33. The van der Waals surface area contributed by atoms with Crippen LogP contribution in [0.1, 0.15) is 47.1 Å². The average molecular weight is 385 g/mol. The Morgan fingerprint density at radius 3 is 2.78 bits per heavy atom. The topological polar surface area (TPSA) is 25.2 Å². The zero-order chi connectivity index (χ0) is 19.1. The lowest BCUT2D eigenvalue weighted by Crippen LogP contribution is -2.32. The first-order chi connectivity index (χ1) is 13.2. The van der Waals surface area contributed by atoms with Crippen LogP contribution in [0.4, 0.5) is 4.39 Å². The van der Waals surface area contributed by atoms with Crippen molar-refractivity contribution in [3.05, 3.63) is 82.1 Å². The molecule has 0 bridgehead atoms. The van der Waals surface area contributed by atoms with Crippen LogP contribution in [-0.4, -0.2) is 21.9 Å². The lowest BCUT2D eigenvalue weighted by Gasteiger charge is -2.23. The number of hydrogen-bond acceptors (Lipinski definition) is 2. The van der Waals surface area contributed by atoms with Gasteiger partial charge in [0.05, 0.1) is 11.4 Å². The normalized spacial score (nSPS) is 10.9. The molecule has 2 aromatic heterocycles. The number of hydrogen-bond donors (Lipinski definition) is 0. The summed E-state index contributed by atoms with van der Waals surface area (Å²) in [5, 5.41) is 1.93. The van der Waals surface area contributed by atoms with Crippen LogP contribution in [-0.2, 0) is 13.1 Å². The maximum atomic E-state index is 13.5. The molecule has 0 spiro atoms. The van der Waals surface area contributed by atoms with E-state index in [4.69, 9.17) is 0 Å². The molecule has 3 nitrogen and oxygen atoms in total. The van der Waals surface area contributed by atoms with E-state index in [2.05, 4.69) is 11.5 Å². The molecule has 1 amide bonds. The smallest absolute Gasteiger partial charge is 0.264 e. The minimum absolute atomic E-state index is 0.0830. The molecule has 0 saturated carbocycles. The van der Waals surface area contributed by atoms with E-state index in [0.29, 0.717) is 13.1 Å². The minimum Gasteiger partial charge on any atom is -0.345 e. The molecule has 1 aromatic carbocycles. The third-order valence-electron chi connectivity index (χ3n) is 4.57. The summed E-state index contributed by atoms with van der Waals surface area (Å²) >= 11 is 1.48. The SMILES string of the molecule is CCCCCN(Cc1cccn1Cc1cccc(F)c1)C(=O)c1cccs1. The molecule has 0 radical (unpaired) electrons. The van der Waals surface area contributed by atoms with E-state index in [9.17, 15) is 9.18 Å². The Balaban J connectivity index is 1.75. The monoisotopic (exact) mass is 384 g/mol. The fraction of sp³-hybridized carbons (Fsp3) is 0.318. The third-order valence-corrected chi connectivity index (χ3v) is 5.43. The van der Waals surface area contributed by atoms with E-state index in [0.717, 1.165) is 41.9 Å². The Bertz CT molecular complexity index is 857. The zero-order valence-electron chi connectivity index (χ0n) is 15.6. The second-order valence-corrected chi connectivity index (χ2v) is 7.62. The molecule has 142 valence electrons. The third kappa shape index (κ3) is 5.30. The van der Waals surface area contributed by atoms with Crippen LogP contribution >= 0.6 is 11.3 Å². The number of unbranched alkanes of at least 4 members (excludes halogenated alkanes) is 2. The van der Waals surface area contributed by atoms with Gasteiger partial charge in [0.1, 0.15) is 5.82 Å². The molecule has 0 aliphatic carbocycles. The highest BCUT2D eigenvalue weighted by atomic mass is 32.1. The van der Waals surface area contributed by atoms with Crippen LogP contribution in [0.3, 0.4) is 0 Å². The minimum atomic E-state index is -0.227. The highest BCUT2D eigenvalue weighted by Gasteiger charge is 2.18. The van der Waals surface area contributed by atoms with Crippen LogP contribution in [0.25, 0.3) is 0 Å². The van der Waals surface area contributed by atoms with Crippen LogP contribution in [0.5, 0.6) is 0 Å². The molecule has 3 aromatic rings. The Morgan fingerprint density at radius 2 is 2.04 bits per heavy atom. The van der Waals surface area contributed by atoms with Gasteiger partial charge >= 0.3 is 0 Å². The molecule has 2 heterocycles. The predicted molar refractivity (Wildman–Crippen MR) is 109 cm³/mol. The molecule has 27 heavy (non-hydrogen) atoms. The number of benzene rings is 1. The molecular formula is C22H25FN2OS. The van der Waals surface area contributed by atoms with Gasteiger partial charge in [0.2, 0.25) is 0 Å². The molecule has 0 atom stereocenters. The van der Waals surface area contributed by atoms with E-state index in [1.807, 2.05) is 46.8 Å². The first kappa shape index (κ1) is 19.4. The first-order valence-corrected chi connectivity index (χ1v) is 10.3. The number of halogens is 1. The van der Waals surface area contributed by atoms with Gasteiger partial charge in [0.25, 0.3) is 5.91 Å². The van der Waals surface area contributed by atoms with E-state index in [1.165, 1.54) is 17.4 Å².